The van der Waals surface area contributed by atoms with Crippen molar-refractivity contribution in [2.45, 2.75) is 52.2 Å². The molecule has 12 heteroatoms. The van der Waals surface area contributed by atoms with Gasteiger partial charge in [0.05, 0.1) is 33.4 Å². The van der Waals surface area contributed by atoms with E-state index in [0.717, 1.165) is 33.7 Å². The van der Waals surface area contributed by atoms with E-state index >= 15 is 0 Å². The molecule has 0 bridgehead atoms. The van der Waals surface area contributed by atoms with Gasteiger partial charge in [0.15, 0.2) is 11.6 Å². The molecule has 3 amide bonds. The molecule has 1 aromatic carbocycles. The molecule has 0 spiro atoms. The molecule has 3 heterocycles. The van der Waals surface area contributed by atoms with Gasteiger partial charge in [0, 0.05) is 56.5 Å². The van der Waals surface area contributed by atoms with E-state index in [4.69, 9.17) is 15.2 Å². The van der Waals surface area contributed by atoms with Gasteiger partial charge in [-0.3, -0.25) is 14.8 Å². The third kappa shape index (κ3) is 7.68. The molecule has 1 atom stereocenters. The number of fused-ring (bicyclic) bond motifs is 1. The number of hydrogen-bond donors (Lipinski definition) is 3. The van der Waals surface area contributed by atoms with E-state index in [-0.39, 0.29) is 29.1 Å². The van der Waals surface area contributed by atoms with Gasteiger partial charge in [-0.25, -0.2) is 9.18 Å². The number of hydrogen-bond acceptors (Lipinski definition) is 8. The maximum atomic E-state index is 14.9. The van der Waals surface area contributed by atoms with Gasteiger partial charge in [0.2, 0.25) is 5.91 Å². The Kier molecular flexibility index (Phi) is 9.42. The summed E-state index contributed by atoms with van der Waals surface area (Å²) in [4.78, 5) is 36.8. The van der Waals surface area contributed by atoms with Crippen LogP contribution < -0.4 is 21.1 Å². The number of halogens is 1. The Morgan fingerprint density at radius 2 is 1.93 bits per heavy atom. The van der Waals surface area contributed by atoms with Crippen LogP contribution >= 0.6 is 11.3 Å². The first-order chi connectivity index (χ1) is 21.0. The van der Waals surface area contributed by atoms with Crippen molar-refractivity contribution in [2.24, 2.45) is 11.1 Å². The molecule has 1 aliphatic rings. The number of aromatic nitrogens is 2. The van der Waals surface area contributed by atoms with E-state index < -0.39 is 11.9 Å². The summed E-state index contributed by atoms with van der Waals surface area (Å²) in [6.45, 7) is 7.00. The Labute approximate surface area is 259 Å². The lowest BCUT2D eigenvalue weighted by Crippen LogP contribution is -2.50. The number of ether oxygens (including phenoxy) is 2. The molecule has 0 saturated heterocycles. The molecule has 0 unspecified atom stereocenters. The van der Waals surface area contributed by atoms with E-state index in [1.165, 1.54) is 23.5 Å². The van der Waals surface area contributed by atoms with Crippen molar-refractivity contribution in [3.05, 3.63) is 66.2 Å². The largest absolute Gasteiger partial charge is 0.453 e. The zero-order valence-electron chi connectivity index (χ0n) is 25.2. The Balaban J connectivity index is 1.30. The predicted octanol–water partition coefficient (Wildman–Crippen LogP) is 5.92. The smallest absolute Gasteiger partial charge is 0.319 e. The molecule has 44 heavy (non-hydrogen) atoms. The molecule has 1 aliphatic carbocycles. The molecule has 5 rings (SSSR count). The van der Waals surface area contributed by atoms with E-state index in [2.05, 4.69) is 20.6 Å². The van der Waals surface area contributed by atoms with Crippen molar-refractivity contribution in [1.82, 2.24) is 20.2 Å². The van der Waals surface area contributed by atoms with Gasteiger partial charge < -0.3 is 30.7 Å². The van der Waals surface area contributed by atoms with Crippen LogP contribution in [0.2, 0.25) is 0 Å². The SMILES string of the molecule is COCCN(Cc1ccc(-c2cc3nccc(Oc4ccc(NC(=O)NC5CC5)cc4F)c3s2)nc1)C(=O)[C@@H](N)C(C)(C)C. The summed E-state index contributed by atoms with van der Waals surface area (Å²) in [7, 11) is 1.60. The number of anilines is 1. The molecule has 10 nitrogen and oxygen atoms in total. The number of carbonyl (C=O) groups is 2. The van der Waals surface area contributed by atoms with Gasteiger partial charge in [-0.1, -0.05) is 26.8 Å². The summed E-state index contributed by atoms with van der Waals surface area (Å²) < 4.78 is 26.8. The minimum atomic E-state index is -0.643. The van der Waals surface area contributed by atoms with Gasteiger partial charge >= 0.3 is 6.03 Å². The standard InChI is InChI=1S/C32H37FN6O4S/c1-32(2,3)29(34)30(40)39(13-14-42-4)18-19-5-9-23(36-17-19)27-16-24-28(44-27)26(11-12-35-24)43-25-10-8-21(15-22(25)33)38-31(41)37-20-6-7-20/h5,8-12,15-17,20,29H,6-7,13-14,18,34H2,1-4H3,(H2,37,38,41)/t29-/m1/s1. The fourth-order valence-electron chi connectivity index (χ4n) is 4.40. The molecule has 3 aromatic heterocycles. The monoisotopic (exact) mass is 620 g/mol. The van der Waals surface area contributed by atoms with Crippen LogP contribution in [0.25, 0.3) is 20.8 Å². The predicted molar refractivity (Wildman–Crippen MR) is 169 cm³/mol. The second-order valence-electron chi connectivity index (χ2n) is 11.9. The number of methoxy groups -OCH3 is 1. The first kappa shape index (κ1) is 31.3. The fourth-order valence-corrected chi connectivity index (χ4v) is 5.44. The van der Waals surface area contributed by atoms with E-state index in [9.17, 15) is 14.0 Å². The van der Waals surface area contributed by atoms with E-state index in [1.54, 1.807) is 36.5 Å². The zero-order valence-corrected chi connectivity index (χ0v) is 26.0. The van der Waals surface area contributed by atoms with Crippen LogP contribution in [0, 0.1) is 11.2 Å². The summed E-state index contributed by atoms with van der Waals surface area (Å²) in [6, 6.07) is 10.9. The first-order valence-corrected chi connectivity index (χ1v) is 15.3. The average Bonchev–Trinajstić information content (AvgIpc) is 3.69. The molecule has 4 aromatic rings. The van der Waals surface area contributed by atoms with E-state index in [0.29, 0.717) is 36.6 Å². The molecule has 1 saturated carbocycles. The van der Waals surface area contributed by atoms with Gasteiger partial charge in [-0.2, -0.15) is 0 Å². The first-order valence-electron chi connectivity index (χ1n) is 14.4. The van der Waals surface area contributed by atoms with Gasteiger partial charge in [-0.05, 0) is 48.1 Å². The number of nitrogens with two attached hydrogens (primary N) is 1. The second kappa shape index (κ2) is 13.2. The van der Waals surface area contributed by atoms with Gasteiger partial charge in [-0.15, -0.1) is 11.3 Å². The van der Waals surface area contributed by atoms with Gasteiger partial charge in [0.25, 0.3) is 0 Å². The topological polar surface area (TPSA) is 132 Å². The lowest BCUT2D eigenvalue weighted by atomic mass is 9.86. The molecule has 1 fully saturated rings. The number of nitrogens with one attached hydrogen (secondary N) is 2. The number of thiophene rings is 1. The van der Waals surface area contributed by atoms with E-state index in [1.807, 2.05) is 39.0 Å². The number of pyridine rings is 2. The van der Waals surface area contributed by atoms with Crippen LogP contribution in [-0.4, -0.2) is 59.2 Å². The fraction of sp³-hybridized carbons (Fsp3) is 0.375. The van der Waals surface area contributed by atoms with Crippen molar-refractivity contribution in [2.75, 3.05) is 25.6 Å². The van der Waals surface area contributed by atoms with Crippen LogP contribution in [0.15, 0.2) is 54.9 Å². The van der Waals surface area contributed by atoms with Crippen molar-refractivity contribution < 1.29 is 23.5 Å². The Morgan fingerprint density at radius 3 is 2.59 bits per heavy atom. The minimum absolute atomic E-state index is 0.0295. The number of rotatable bonds is 11. The van der Waals surface area contributed by atoms with Crippen LogP contribution in [-0.2, 0) is 16.1 Å². The maximum absolute atomic E-state index is 14.9. The van der Waals surface area contributed by atoms with Gasteiger partial charge in [0.1, 0.15) is 5.75 Å². The minimum Gasteiger partial charge on any atom is -0.453 e. The summed E-state index contributed by atoms with van der Waals surface area (Å²) in [5.41, 5.74) is 8.51. The summed E-state index contributed by atoms with van der Waals surface area (Å²) >= 11 is 1.43. The van der Waals surface area contributed by atoms with Crippen molar-refractivity contribution in [3.8, 4) is 22.1 Å². The lowest BCUT2D eigenvalue weighted by Gasteiger charge is -2.32. The maximum Gasteiger partial charge on any atom is 0.319 e. The highest BCUT2D eigenvalue weighted by Crippen LogP contribution is 2.39. The number of benzene rings is 1. The molecule has 4 N–H and O–H groups in total. The number of carbonyl (C=O) groups excluding carboxylic acids is 2. The molecular weight excluding hydrogens is 583 g/mol. The normalized spacial score (nSPS) is 13.9. The van der Waals surface area contributed by atoms with Crippen LogP contribution in [0.5, 0.6) is 11.5 Å². The van der Waals surface area contributed by atoms with Crippen molar-refractivity contribution >= 4 is 39.2 Å². The highest BCUT2D eigenvalue weighted by Gasteiger charge is 2.31. The number of nitrogens with zero attached hydrogens (tertiary/aromatic N) is 3. The summed E-state index contributed by atoms with van der Waals surface area (Å²) in [5.74, 6) is -0.254. The molecule has 0 radical (unpaired) electrons. The Hall–Kier alpha value is -4.13. The highest BCUT2D eigenvalue weighted by molar-refractivity contribution is 7.22. The Bertz CT molecular complexity index is 1630. The Morgan fingerprint density at radius 1 is 1.14 bits per heavy atom. The average molecular weight is 621 g/mol. The lowest BCUT2D eigenvalue weighted by molar-refractivity contribution is -0.136. The molecule has 232 valence electrons. The highest BCUT2D eigenvalue weighted by atomic mass is 32.1. The molecular formula is C32H37FN6O4S. The quantitative estimate of drug-likeness (QED) is 0.190. The van der Waals surface area contributed by atoms with Crippen LogP contribution in [0.3, 0.4) is 0 Å². The van der Waals surface area contributed by atoms with Crippen molar-refractivity contribution in [1.29, 1.82) is 0 Å². The third-order valence-electron chi connectivity index (χ3n) is 7.22. The summed E-state index contributed by atoms with van der Waals surface area (Å²) in [5, 5.41) is 5.45. The van der Waals surface area contributed by atoms with Crippen molar-refractivity contribution in [3.63, 3.8) is 0 Å². The molecule has 0 aliphatic heterocycles. The third-order valence-corrected chi connectivity index (χ3v) is 8.39. The zero-order chi connectivity index (χ0) is 31.4. The summed E-state index contributed by atoms with van der Waals surface area (Å²) in [6.07, 6.45) is 5.28. The number of amides is 3. The second-order valence-corrected chi connectivity index (χ2v) is 13.0. The van der Waals surface area contributed by atoms with Crippen LogP contribution in [0.4, 0.5) is 14.9 Å². The van der Waals surface area contributed by atoms with Crippen LogP contribution in [0.1, 0.15) is 39.2 Å². The number of urea groups is 1.